The highest BCUT2D eigenvalue weighted by atomic mass is 16.5. The zero-order chi connectivity index (χ0) is 12.7. The van der Waals surface area contributed by atoms with E-state index in [1.165, 1.54) is 0 Å². The number of anilines is 1. The number of nitrogens with zero attached hydrogens (tertiary/aromatic N) is 2. The van der Waals surface area contributed by atoms with Crippen molar-refractivity contribution in [2.24, 2.45) is 10.2 Å². The molecule has 0 bridgehead atoms. The van der Waals surface area contributed by atoms with Crippen LogP contribution in [0.1, 0.15) is 11.6 Å². The molecule has 1 amide bonds. The van der Waals surface area contributed by atoms with Crippen molar-refractivity contribution in [1.82, 2.24) is 0 Å². The van der Waals surface area contributed by atoms with Crippen molar-refractivity contribution in [1.29, 1.82) is 0 Å². The molecular formula is C12H11N3O3. The fourth-order valence-corrected chi connectivity index (χ4v) is 2.12. The minimum Gasteiger partial charge on any atom is -0.493 e. The first-order valence-corrected chi connectivity index (χ1v) is 5.42. The quantitative estimate of drug-likeness (QED) is 0.865. The molecule has 92 valence electrons. The normalized spacial score (nSPS) is 19.8. The fourth-order valence-electron chi connectivity index (χ4n) is 2.12. The van der Waals surface area contributed by atoms with E-state index in [1.807, 2.05) is 12.1 Å². The van der Waals surface area contributed by atoms with Gasteiger partial charge in [0, 0.05) is 23.5 Å². The molecule has 2 aliphatic heterocycles. The Morgan fingerprint density at radius 1 is 1.22 bits per heavy atom. The number of fused-ring (bicyclic) bond motifs is 3. The summed E-state index contributed by atoms with van der Waals surface area (Å²) in [7, 11) is 3.14. The van der Waals surface area contributed by atoms with E-state index in [9.17, 15) is 4.79 Å². The van der Waals surface area contributed by atoms with Crippen molar-refractivity contribution in [3.63, 3.8) is 0 Å². The first kappa shape index (κ1) is 10.8. The molecule has 0 aromatic heterocycles. The second kappa shape index (κ2) is 3.83. The van der Waals surface area contributed by atoms with Gasteiger partial charge in [0.25, 0.3) is 5.91 Å². The van der Waals surface area contributed by atoms with Crippen LogP contribution in [-0.4, -0.2) is 20.1 Å². The number of ether oxygens (including phenoxy) is 2. The molecule has 1 atom stereocenters. The summed E-state index contributed by atoms with van der Waals surface area (Å²) in [4.78, 5) is 11.5. The number of nitrogens with one attached hydrogen (secondary N) is 1. The molecule has 1 unspecified atom stereocenters. The Morgan fingerprint density at radius 2 is 1.94 bits per heavy atom. The minimum atomic E-state index is -0.339. The first-order valence-electron chi connectivity index (χ1n) is 5.42. The highest BCUT2D eigenvalue weighted by Gasteiger charge is 2.33. The first-order chi connectivity index (χ1) is 8.74. The highest BCUT2D eigenvalue weighted by Crippen LogP contribution is 2.44. The monoisotopic (exact) mass is 245 g/mol. The van der Waals surface area contributed by atoms with Crippen LogP contribution in [0.5, 0.6) is 11.5 Å². The largest absolute Gasteiger partial charge is 0.493 e. The molecule has 1 aromatic rings. The van der Waals surface area contributed by atoms with E-state index in [0.29, 0.717) is 17.1 Å². The van der Waals surface area contributed by atoms with Crippen molar-refractivity contribution < 1.29 is 14.3 Å². The summed E-state index contributed by atoms with van der Waals surface area (Å²) in [6.07, 6.45) is 1.64. The second-order valence-corrected chi connectivity index (χ2v) is 3.96. The van der Waals surface area contributed by atoms with Crippen molar-refractivity contribution >= 4 is 11.6 Å². The van der Waals surface area contributed by atoms with Gasteiger partial charge in [0.05, 0.1) is 19.8 Å². The van der Waals surface area contributed by atoms with Gasteiger partial charge in [0.1, 0.15) is 6.04 Å². The van der Waals surface area contributed by atoms with E-state index in [0.717, 1.165) is 11.3 Å². The van der Waals surface area contributed by atoms with Gasteiger partial charge in [-0.15, -0.1) is 5.11 Å². The maximum Gasteiger partial charge on any atom is 0.295 e. The van der Waals surface area contributed by atoms with E-state index in [-0.39, 0.29) is 11.9 Å². The third-order valence-corrected chi connectivity index (χ3v) is 3.04. The lowest BCUT2D eigenvalue weighted by atomic mass is 9.95. The second-order valence-electron chi connectivity index (χ2n) is 3.96. The summed E-state index contributed by atoms with van der Waals surface area (Å²) in [6.45, 7) is 0. The Kier molecular flexibility index (Phi) is 2.29. The fraction of sp³-hybridized carbons (Fsp3) is 0.250. The Bertz CT molecular complexity index is 592. The predicted octanol–water partition coefficient (Wildman–Crippen LogP) is 2.05. The van der Waals surface area contributed by atoms with Crippen LogP contribution in [0.15, 0.2) is 34.1 Å². The van der Waals surface area contributed by atoms with Crippen LogP contribution >= 0.6 is 0 Å². The van der Waals surface area contributed by atoms with E-state index in [1.54, 1.807) is 20.4 Å². The molecule has 18 heavy (non-hydrogen) atoms. The number of carbonyl (C=O) groups is 1. The van der Waals surface area contributed by atoms with Crippen LogP contribution in [0.2, 0.25) is 0 Å². The van der Waals surface area contributed by atoms with Gasteiger partial charge in [-0.2, -0.15) is 5.11 Å². The molecular weight excluding hydrogens is 234 g/mol. The lowest BCUT2D eigenvalue weighted by molar-refractivity contribution is -0.114. The zero-order valence-corrected chi connectivity index (χ0v) is 9.93. The molecule has 0 saturated heterocycles. The van der Waals surface area contributed by atoms with Gasteiger partial charge in [-0.3, -0.25) is 4.79 Å². The maximum absolute atomic E-state index is 11.5. The van der Waals surface area contributed by atoms with Crippen LogP contribution < -0.4 is 14.8 Å². The van der Waals surface area contributed by atoms with Crippen LogP contribution in [0, 0.1) is 0 Å². The van der Waals surface area contributed by atoms with Crippen molar-refractivity contribution in [3.05, 3.63) is 29.5 Å². The van der Waals surface area contributed by atoms with Crippen LogP contribution in [0.4, 0.5) is 5.69 Å². The molecule has 1 aromatic carbocycles. The summed E-state index contributed by atoms with van der Waals surface area (Å²) in [5.41, 5.74) is 2.25. The van der Waals surface area contributed by atoms with Crippen LogP contribution in [-0.2, 0) is 4.79 Å². The number of hydrogen-bond donors (Lipinski definition) is 1. The summed E-state index contributed by atoms with van der Waals surface area (Å²) >= 11 is 0. The number of rotatable bonds is 2. The highest BCUT2D eigenvalue weighted by molar-refractivity contribution is 5.98. The summed E-state index contributed by atoms with van der Waals surface area (Å²) < 4.78 is 10.5. The van der Waals surface area contributed by atoms with Gasteiger partial charge in [0.2, 0.25) is 0 Å². The molecule has 6 nitrogen and oxygen atoms in total. The lowest BCUT2D eigenvalue weighted by Gasteiger charge is -2.21. The van der Waals surface area contributed by atoms with Gasteiger partial charge in [-0.05, 0) is 6.07 Å². The Morgan fingerprint density at radius 3 is 2.67 bits per heavy atom. The molecule has 2 heterocycles. The number of carbonyl (C=O) groups excluding carboxylic acids is 1. The minimum absolute atomic E-state index is 0.298. The van der Waals surface area contributed by atoms with Crippen molar-refractivity contribution in [3.8, 4) is 11.5 Å². The molecule has 6 heteroatoms. The summed E-state index contributed by atoms with van der Waals surface area (Å²) in [6, 6.07) is 3.30. The molecule has 2 aliphatic rings. The SMILES string of the molecule is COc1cc2c(cc1OC)C1N=NC(=O)C1=CN2. The lowest BCUT2D eigenvalue weighted by Crippen LogP contribution is -2.12. The van der Waals surface area contributed by atoms with E-state index in [2.05, 4.69) is 15.5 Å². The molecule has 3 rings (SSSR count). The number of azo groups is 1. The molecule has 0 aliphatic carbocycles. The Balaban J connectivity index is 2.13. The number of methoxy groups -OCH3 is 2. The van der Waals surface area contributed by atoms with Crippen molar-refractivity contribution in [2.45, 2.75) is 6.04 Å². The molecule has 0 spiro atoms. The Labute approximate surface area is 103 Å². The molecule has 0 fully saturated rings. The standard InChI is InChI=1S/C12H11N3O3/c1-17-9-3-6-8(4-10(9)18-2)13-5-7-11(6)14-15-12(7)16/h3-5,11,13H,1-2H3. The average Bonchev–Trinajstić information content (AvgIpc) is 2.79. The molecule has 0 saturated carbocycles. The molecule has 1 N–H and O–H groups in total. The molecule has 0 radical (unpaired) electrons. The van der Waals surface area contributed by atoms with Crippen molar-refractivity contribution in [2.75, 3.05) is 19.5 Å². The predicted molar refractivity (Wildman–Crippen MR) is 63.9 cm³/mol. The van der Waals surface area contributed by atoms with Crippen LogP contribution in [0.3, 0.4) is 0 Å². The zero-order valence-electron chi connectivity index (χ0n) is 9.93. The summed E-state index contributed by atoms with van der Waals surface area (Å²) in [5.74, 6) is 0.934. The third kappa shape index (κ3) is 1.38. The van der Waals surface area contributed by atoms with Crippen LogP contribution in [0.25, 0.3) is 0 Å². The van der Waals surface area contributed by atoms with Gasteiger partial charge in [-0.1, -0.05) is 0 Å². The smallest absolute Gasteiger partial charge is 0.295 e. The maximum atomic E-state index is 11.5. The van der Waals surface area contributed by atoms with E-state index in [4.69, 9.17) is 9.47 Å². The van der Waals surface area contributed by atoms with Gasteiger partial charge in [-0.25, -0.2) is 0 Å². The number of benzene rings is 1. The number of hydrogen-bond acceptors (Lipinski definition) is 5. The average molecular weight is 245 g/mol. The third-order valence-electron chi connectivity index (χ3n) is 3.04. The van der Waals surface area contributed by atoms with Gasteiger partial charge in [0.15, 0.2) is 11.5 Å². The summed E-state index contributed by atoms with van der Waals surface area (Å²) in [5, 5.41) is 10.6. The Hall–Kier alpha value is -2.37. The van der Waals surface area contributed by atoms with E-state index < -0.39 is 0 Å². The van der Waals surface area contributed by atoms with Gasteiger partial charge < -0.3 is 14.8 Å². The van der Waals surface area contributed by atoms with E-state index >= 15 is 0 Å². The number of amides is 1. The topological polar surface area (TPSA) is 72.3 Å². The van der Waals surface area contributed by atoms with Gasteiger partial charge >= 0.3 is 0 Å².